The molecule has 1 aliphatic rings. The van der Waals surface area contributed by atoms with Crippen molar-refractivity contribution in [3.8, 4) is 12.0 Å². The fourth-order valence-electron chi connectivity index (χ4n) is 2.32. The van der Waals surface area contributed by atoms with E-state index in [2.05, 4.69) is 23.8 Å². The Kier molecular flexibility index (Phi) is 5.03. The third-order valence-corrected chi connectivity index (χ3v) is 3.44. The smallest absolute Gasteiger partial charge is 0.237 e. The van der Waals surface area contributed by atoms with Gasteiger partial charge in [-0.15, -0.1) is 0 Å². The highest BCUT2D eigenvalue weighted by atomic mass is 16.1. The summed E-state index contributed by atoms with van der Waals surface area (Å²) in [4.78, 5) is 14.0. The predicted molar refractivity (Wildman–Crippen MR) is 78.0 cm³/mol. The third kappa shape index (κ3) is 4.13. The van der Waals surface area contributed by atoms with E-state index in [0.717, 1.165) is 25.9 Å². The summed E-state index contributed by atoms with van der Waals surface area (Å²) in [5.74, 6) is 2.68. The fraction of sp³-hybridized carbons (Fsp3) is 0.471. The number of hydrogen-bond donors (Lipinski definition) is 0. The molecule has 0 bridgehead atoms. The van der Waals surface area contributed by atoms with E-state index in [1.807, 2.05) is 24.3 Å². The quantitative estimate of drug-likeness (QED) is 0.610. The molecule has 1 heterocycles. The number of nitrogens with zero attached hydrogens (tertiary/aromatic N) is 1. The number of carbonyl (C=O) groups is 1. The molecule has 0 aliphatic carbocycles. The summed E-state index contributed by atoms with van der Waals surface area (Å²) in [6, 6.07) is 10.8. The van der Waals surface area contributed by atoms with Crippen molar-refractivity contribution in [3.05, 3.63) is 35.4 Å². The summed E-state index contributed by atoms with van der Waals surface area (Å²) in [6.07, 6.45) is 5.85. The first-order valence-corrected chi connectivity index (χ1v) is 7.19. The molecule has 1 aliphatic heterocycles. The number of piperidine rings is 1. The number of rotatable bonds is 3. The number of Topliss-reactive ketones (excluding diaryl/α,β-unsaturated/α-hetero) is 1. The molecule has 0 N–H and O–H groups in total. The molecule has 0 saturated carbocycles. The minimum atomic E-state index is -0.0754. The number of likely N-dealkylation sites (tertiary alicyclic amines) is 1. The molecule has 0 atom stereocenters. The van der Waals surface area contributed by atoms with Crippen molar-refractivity contribution in [2.75, 3.05) is 13.1 Å². The van der Waals surface area contributed by atoms with Crippen LogP contribution in [-0.2, 0) is 6.42 Å². The van der Waals surface area contributed by atoms with Crippen molar-refractivity contribution in [2.24, 2.45) is 0 Å². The van der Waals surface area contributed by atoms with E-state index >= 15 is 0 Å². The Bertz CT molecular complexity index is 472. The van der Waals surface area contributed by atoms with Crippen molar-refractivity contribution in [1.29, 1.82) is 0 Å². The topological polar surface area (TPSA) is 20.3 Å². The van der Waals surface area contributed by atoms with E-state index in [1.165, 1.54) is 24.8 Å². The maximum atomic E-state index is 12.0. The number of carbonyl (C=O) groups excluding carboxylic acids is 1. The fourth-order valence-corrected chi connectivity index (χ4v) is 2.32. The second-order valence-corrected chi connectivity index (χ2v) is 5.06. The van der Waals surface area contributed by atoms with E-state index in [9.17, 15) is 4.79 Å². The lowest BCUT2D eigenvalue weighted by Crippen LogP contribution is -2.24. The highest BCUT2D eigenvalue weighted by Gasteiger charge is 2.06. The predicted octanol–water partition coefficient (Wildman–Crippen LogP) is 3.27. The molecular weight excluding hydrogens is 234 g/mol. The van der Waals surface area contributed by atoms with Crippen LogP contribution in [0.25, 0.3) is 0 Å². The molecule has 2 nitrogen and oxygen atoms in total. The van der Waals surface area contributed by atoms with Gasteiger partial charge in [-0.05, 0) is 37.2 Å². The van der Waals surface area contributed by atoms with Crippen molar-refractivity contribution < 1.29 is 4.79 Å². The largest absolute Gasteiger partial charge is 0.332 e. The molecule has 19 heavy (non-hydrogen) atoms. The van der Waals surface area contributed by atoms with E-state index in [-0.39, 0.29) is 5.78 Å². The Labute approximate surface area is 115 Å². The third-order valence-electron chi connectivity index (χ3n) is 3.44. The molecule has 100 valence electrons. The van der Waals surface area contributed by atoms with Gasteiger partial charge in [0.05, 0.1) is 0 Å². The highest BCUT2D eigenvalue weighted by Crippen LogP contribution is 2.08. The molecule has 0 spiro atoms. The van der Waals surface area contributed by atoms with Crippen molar-refractivity contribution >= 4 is 5.78 Å². The SMILES string of the molecule is CCCc1ccc(C(=O)C#CN2CCCCC2)cc1. The minimum Gasteiger partial charge on any atom is -0.332 e. The van der Waals surface area contributed by atoms with Gasteiger partial charge in [0.25, 0.3) is 0 Å². The first-order valence-electron chi connectivity index (χ1n) is 7.19. The summed E-state index contributed by atoms with van der Waals surface area (Å²) in [5, 5.41) is 0. The van der Waals surface area contributed by atoms with E-state index in [4.69, 9.17) is 0 Å². The van der Waals surface area contributed by atoms with Crippen LogP contribution in [0, 0.1) is 12.0 Å². The summed E-state index contributed by atoms with van der Waals surface area (Å²) in [5.41, 5.74) is 1.98. The molecule has 2 rings (SSSR count). The van der Waals surface area contributed by atoms with Crippen molar-refractivity contribution in [3.63, 3.8) is 0 Å². The lowest BCUT2D eigenvalue weighted by molar-refractivity contribution is 0.105. The standard InChI is InChI=1S/C17H21NO/c1-2-6-15-7-9-16(10-8-15)17(19)11-14-18-12-4-3-5-13-18/h7-10H,2-6,12-13H2,1H3. The van der Waals surface area contributed by atoms with Crippen LogP contribution in [0.1, 0.15) is 48.5 Å². The first-order chi connectivity index (χ1) is 9.29. The van der Waals surface area contributed by atoms with Gasteiger partial charge in [-0.3, -0.25) is 4.79 Å². The Morgan fingerprint density at radius 2 is 1.84 bits per heavy atom. The molecule has 1 fully saturated rings. The van der Waals surface area contributed by atoms with Crippen LogP contribution < -0.4 is 0 Å². The first kappa shape index (κ1) is 13.7. The maximum absolute atomic E-state index is 12.0. The van der Waals surface area contributed by atoms with Crippen LogP contribution >= 0.6 is 0 Å². The van der Waals surface area contributed by atoms with E-state index in [0.29, 0.717) is 5.56 Å². The number of hydrogen-bond acceptors (Lipinski definition) is 2. The Morgan fingerprint density at radius 1 is 1.16 bits per heavy atom. The lowest BCUT2D eigenvalue weighted by Gasteiger charge is -2.21. The maximum Gasteiger partial charge on any atom is 0.237 e. The highest BCUT2D eigenvalue weighted by molar-refractivity contribution is 6.08. The molecule has 0 aromatic heterocycles. The normalized spacial score (nSPS) is 14.7. The summed E-state index contributed by atoms with van der Waals surface area (Å²) < 4.78 is 0. The Balaban J connectivity index is 1.97. The number of ketones is 1. The average Bonchev–Trinajstić information content (AvgIpc) is 2.47. The minimum absolute atomic E-state index is 0.0754. The zero-order valence-electron chi connectivity index (χ0n) is 11.6. The molecule has 1 aromatic carbocycles. The van der Waals surface area contributed by atoms with Crippen LogP contribution in [0.15, 0.2) is 24.3 Å². The summed E-state index contributed by atoms with van der Waals surface area (Å²) in [6.45, 7) is 4.15. The van der Waals surface area contributed by atoms with Crippen molar-refractivity contribution in [2.45, 2.75) is 39.0 Å². The summed E-state index contributed by atoms with van der Waals surface area (Å²) in [7, 11) is 0. The zero-order chi connectivity index (χ0) is 13.5. The Morgan fingerprint density at radius 3 is 2.47 bits per heavy atom. The molecular formula is C17H21NO. The zero-order valence-corrected chi connectivity index (χ0v) is 11.6. The van der Waals surface area contributed by atoms with Gasteiger partial charge in [-0.25, -0.2) is 0 Å². The van der Waals surface area contributed by atoms with Gasteiger partial charge >= 0.3 is 0 Å². The molecule has 1 saturated heterocycles. The molecule has 2 heteroatoms. The second-order valence-electron chi connectivity index (χ2n) is 5.06. The van der Waals surface area contributed by atoms with Gasteiger partial charge in [0.2, 0.25) is 5.78 Å². The molecule has 0 radical (unpaired) electrons. The van der Waals surface area contributed by atoms with Gasteiger partial charge in [0, 0.05) is 24.7 Å². The van der Waals surface area contributed by atoms with Gasteiger partial charge in [0.15, 0.2) is 0 Å². The van der Waals surface area contributed by atoms with E-state index in [1.54, 1.807) is 0 Å². The van der Waals surface area contributed by atoms with Crippen molar-refractivity contribution in [1.82, 2.24) is 4.90 Å². The lowest BCUT2D eigenvalue weighted by atomic mass is 10.1. The molecule has 0 amide bonds. The van der Waals surface area contributed by atoms with Gasteiger partial charge in [-0.1, -0.05) is 37.6 Å². The van der Waals surface area contributed by atoms with Crippen LogP contribution in [-0.4, -0.2) is 23.8 Å². The van der Waals surface area contributed by atoms with Crippen LogP contribution in [0.5, 0.6) is 0 Å². The monoisotopic (exact) mass is 255 g/mol. The van der Waals surface area contributed by atoms with E-state index < -0.39 is 0 Å². The van der Waals surface area contributed by atoms with Gasteiger partial charge in [-0.2, -0.15) is 0 Å². The van der Waals surface area contributed by atoms with Crippen LogP contribution in [0.4, 0.5) is 0 Å². The summed E-state index contributed by atoms with van der Waals surface area (Å²) >= 11 is 0. The van der Waals surface area contributed by atoms with Gasteiger partial charge < -0.3 is 4.90 Å². The molecule has 0 unspecified atom stereocenters. The van der Waals surface area contributed by atoms with Crippen LogP contribution in [0.2, 0.25) is 0 Å². The average molecular weight is 255 g/mol. The van der Waals surface area contributed by atoms with Gasteiger partial charge in [0.1, 0.15) is 0 Å². The van der Waals surface area contributed by atoms with Crippen LogP contribution in [0.3, 0.4) is 0 Å². The number of benzene rings is 1. The Hall–Kier alpha value is -1.75. The number of aryl methyl sites for hydroxylation is 1. The molecule has 1 aromatic rings. The second kappa shape index (κ2) is 6.99.